The summed E-state index contributed by atoms with van der Waals surface area (Å²) in [5, 5.41) is 120. The molecule has 0 aromatic rings. The summed E-state index contributed by atoms with van der Waals surface area (Å²) in [7, 11) is 0. The molecular formula is C53H95NO18. The van der Waals surface area contributed by atoms with Crippen molar-refractivity contribution >= 4 is 5.91 Å². The van der Waals surface area contributed by atoms with Crippen LogP contribution in [-0.4, -0.2) is 193 Å². The molecule has 3 saturated heterocycles. The highest BCUT2D eigenvalue weighted by molar-refractivity contribution is 5.76. The molecule has 19 nitrogen and oxygen atoms in total. The highest BCUT2D eigenvalue weighted by Gasteiger charge is 2.53. The van der Waals surface area contributed by atoms with Gasteiger partial charge in [0.05, 0.1) is 38.6 Å². The van der Waals surface area contributed by atoms with Gasteiger partial charge in [0.25, 0.3) is 0 Å². The average Bonchev–Trinajstić information content (AvgIpc) is 3.37. The molecule has 0 saturated carbocycles. The van der Waals surface area contributed by atoms with Gasteiger partial charge in [-0.3, -0.25) is 4.79 Å². The third-order valence-corrected chi connectivity index (χ3v) is 13.7. The number of aliphatic hydroxyl groups is 11. The van der Waals surface area contributed by atoms with E-state index in [4.69, 9.17) is 28.4 Å². The molecule has 3 aliphatic heterocycles. The fraction of sp³-hybridized carbons (Fsp3) is 0.868. The third-order valence-electron chi connectivity index (χ3n) is 13.7. The normalized spacial score (nSPS) is 32.3. The van der Waals surface area contributed by atoms with Crippen LogP contribution in [0.15, 0.2) is 36.5 Å². The number of carbonyl (C=O) groups is 1. The van der Waals surface area contributed by atoms with E-state index in [0.29, 0.717) is 12.8 Å². The highest BCUT2D eigenvalue weighted by atomic mass is 16.8. The first-order valence-electron chi connectivity index (χ1n) is 27.2. The van der Waals surface area contributed by atoms with Gasteiger partial charge < -0.3 is 89.9 Å². The van der Waals surface area contributed by atoms with Crippen LogP contribution in [0.4, 0.5) is 0 Å². The lowest BCUT2D eigenvalue weighted by Crippen LogP contribution is -2.66. The summed E-state index contributed by atoms with van der Waals surface area (Å²) in [5.41, 5.74) is 0. The predicted octanol–water partition coefficient (Wildman–Crippen LogP) is 2.98. The predicted molar refractivity (Wildman–Crippen MR) is 268 cm³/mol. The lowest BCUT2D eigenvalue weighted by Gasteiger charge is -2.48. The van der Waals surface area contributed by atoms with Crippen molar-refractivity contribution in [2.75, 3.05) is 26.4 Å². The Bertz CT molecular complexity index is 1470. The Hall–Kier alpha value is -1.99. The zero-order valence-electron chi connectivity index (χ0n) is 43.1. The molecule has 0 bridgehead atoms. The molecule has 12 N–H and O–H groups in total. The Kier molecular flexibility index (Phi) is 33.7. The summed E-state index contributed by atoms with van der Waals surface area (Å²) >= 11 is 0. The van der Waals surface area contributed by atoms with E-state index in [1.165, 1.54) is 51.4 Å². The first kappa shape index (κ1) is 64.3. The number of unbranched alkanes of at least 4 members (excludes halogenated alkanes) is 16. The van der Waals surface area contributed by atoms with Crippen LogP contribution in [0.5, 0.6) is 0 Å². The molecule has 0 spiro atoms. The number of hydrogen-bond donors (Lipinski definition) is 12. The van der Waals surface area contributed by atoms with E-state index in [9.17, 15) is 61.0 Å². The summed E-state index contributed by atoms with van der Waals surface area (Å²) in [6, 6.07) is -0.894. The van der Waals surface area contributed by atoms with Crippen LogP contribution in [0.25, 0.3) is 0 Å². The molecule has 420 valence electrons. The molecule has 3 fully saturated rings. The van der Waals surface area contributed by atoms with E-state index >= 15 is 0 Å². The quantitative estimate of drug-likeness (QED) is 0.0313. The number of amides is 1. The summed E-state index contributed by atoms with van der Waals surface area (Å²) < 4.78 is 34.2. The number of allylic oxidation sites excluding steroid dienone is 6. The maximum Gasteiger partial charge on any atom is 0.220 e. The van der Waals surface area contributed by atoms with Gasteiger partial charge >= 0.3 is 0 Å². The summed E-state index contributed by atoms with van der Waals surface area (Å²) in [5.74, 6) is -0.263. The van der Waals surface area contributed by atoms with Gasteiger partial charge in [0, 0.05) is 6.42 Å². The highest BCUT2D eigenvalue weighted by Crippen LogP contribution is 2.33. The summed E-state index contributed by atoms with van der Waals surface area (Å²) in [4.78, 5) is 13.3. The summed E-state index contributed by atoms with van der Waals surface area (Å²) in [6.45, 7) is 1.62. The second-order valence-corrected chi connectivity index (χ2v) is 19.7. The molecule has 0 aromatic heterocycles. The van der Waals surface area contributed by atoms with Crippen LogP contribution in [0.3, 0.4) is 0 Å². The van der Waals surface area contributed by atoms with E-state index in [1.54, 1.807) is 0 Å². The van der Waals surface area contributed by atoms with Gasteiger partial charge in [-0.1, -0.05) is 147 Å². The molecule has 3 aliphatic rings. The van der Waals surface area contributed by atoms with Gasteiger partial charge in [-0.05, 0) is 44.9 Å². The largest absolute Gasteiger partial charge is 0.394 e. The second kappa shape index (κ2) is 37.7. The molecule has 3 heterocycles. The van der Waals surface area contributed by atoms with Gasteiger partial charge in [0.15, 0.2) is 18.9 Å². The van der Waals surface area contributed by atoms with Gasteiger partial charge in [-0.25, -0.2) is 0 Å². The molecular weight excluding hydrogens is 939 g/mol. The van der Waals surface area contributed by atoms with Crippen molar-refractivity contribution in [1.82, 2.24) is 5.32 Å². The fourth-order valence-electron chi connectivity index (χ4n) is 9.21. The standard InChI is InChI=1S/C53H95NO18/c1-3-5-7-9-11-13-15-17-18-19-21-23-25-27-29-31-41(59)54-36(37(58)30-28-26-24-22-20-16-14-12-10-8-6-4-2)35-67-51-47(65)44(62)49(39(33-56)69-51)72-53-48(66)45(63)50(40(34-57)70-53)71-52-46(64)43(61)42(60)38(32-55)68-52/h5,7,11,13,17-18,36-40,42-53,55-58,60-66H,3-4,6,8-10,12,14-16,19-35H2,1-2H3,(H,54,59)/b7-5-,13-11-,18-17-. The van der Waals surface area contributed by atoms with E-state index in [0.717, 1.165) is 77.0 Å². The monoisotopic (exact) mass is 1030 g/mol. The fourth-order valence-corrected chi connectivity index (χ4v) is 9.21. The van der Waals surface area contributed by atoms with Crippen molar-refractivity contribution in [3.63, 3.8) is 0 Å². The van der Waals surface area contributed by atoms with Gasteiger partial charge in [0.1, 0.15) is 73.2 Å². The van der Waals surface area contributed by atoms with Gasteiger partial charge in [0.2, 0.25) is 5.91 Å². The van der Waals surface area contributed by atoms with Crippen molar-refractivity contribution < 1.29 is 89.4 Å². The number of hydrogen-bond acceptors (Lipinski definition) is 18. The number of rotatable bonds is 38. The molecule has 0 aliphatic carbocycles. The average molecular weight is 1030 g/mol. The number of aliphatic hydroxyl groups excluding tert-OH is 11. The Morgan fingerprint density at radius 3 is 1.50 bits per heavy atom. The van der Waals surface area contributed by atoms with Crippen LogP contribution in [0.1, 0.15) is 162 Å². The zero-order chi connectivity index (χ0) is 52.7. The van der Waals surface area contributed by atoms with E-state index in [2.05, 4.69) is 55.6 Å². The van der Waals surface area contributed by atoms with Crippen LogP contribution < -0.4 is 5.32 Å². The number of ether oxygens (including phenoxy) is 6. The van der Waals surface area contributed by atoms with Crippen molar-refractivity contribution in [2.45, 2.75) is 266 Å². The molecule has 0 aromatic carbocycles. The molecule has 3 rings (SSSR count). The Morgan fingerprint density at radius 1 is 0.514 bits per heavy atom. The Morgan fingerprint density at radius 2 is 0.958 bits per heavy atom. The molecule has 1 amide bonds. The molecule has 17 unspecified atom stereocenters. The van der Waals surface area contributed by atoms with E-state index in [1.807, 2.05) is 0 Å². The third kappa shape index (κ3) is 22.7. The minimum atomic E-state index is -1.97. The van der Waals surface area contributed by atoms with Crippen molar-refractivity contribution in [3.05, 3.63) is 36.5 Å². The van der Waals surface area contributed by atoms with Crippen molar-refractivity contribution in [2.24, 2.45) is 0 Å². The minimum Gasteiger partial charge on any atom is -0.394 e. The summed E-state index contributed by atoms with van der Waals surface area (Å²) in [6.07, 6.45) is 9.58. The Balaban J connectivity index is 1.54. The molecule has 0 radical (unpaired) electrons. The molecule has 17 atom stereocenters. The molecule has 19 heteroatoms. The maximum atomic E-state index is 13.3. The van der Waals surface area contributed by atoms with E-state index in [-0.39, 0.29) is 18.9 Å². The van der Waals surface area contributed by atoms with Crippen molar-refractivity contribution in [3.8, 4) is 0 Å². The smallest absolute Gasteiger partial charge is 0.220 e. The molecule has 72 heavy (non-hydrogen) atoms. The topological polar surface area (TPSA) is 307 Å². The first-order chi connectivity index (χ1) is 34.8. The number of carbonyl (C=O) groups excluding carboxylic acids is 1. The van der Waals surface area contributed by atoms with Gasteiger partial charge in [-0.2, -0.15) is 0 Å². The van der Waals surface area contributed by atoms with Crippen LogP contribution in [-0.2, 0) is 33.2 Å². The van der Waals surface area contributed by atoms with Crippen LogP contribution >= 0.6 is 0 Å². The lowest BCUT2D eigenvalue weighted by molar-refractivity contribution is -0.379. The number of nitrogens with one attached hydrogen (secondary N) is 1. The van der Waals surface area contributed by atoms with Crippen LogP contribution in [0.2, 0.25) is 0 Å². The zero-order valence-corrected chi connectivity index (χ0v) is 43.1. The Labute approximate surface area is 428 Å². The first-order valence-corrected chi connectivity index (χ1v) is 27.2. The lowest BCUT2D eigenvalue weighted by atomic mass is 9.96. The van der Waals surface area contributed by atoms with Crippen molar-refractivity contribution in [1.29, 1.82) is 0 Å². The van der Waals surface area contributed by atoms with Crippen LogP contribution in [0, 0.1) is 0 Å². The van der Waals surface area contributed by atoms with Gasteiger partial charge in [-0.15, -0.1) is 0 Å². The maximum absolute atomic E-state index is 13.3. The SMILES string of the molecule is CC/C=C\C/C=C\C/C=C\CCCCCCCC(=O)NC(COC1OC(CO)C(OC2OC(CO)C(OC3OC(CO)C(O)C(O)C3O)C(O)C2O)C(O)C1O)C(O)CCCCCCCCCCCCCC. The second-order valence-electron chi connectivity index (χ2n) is 19.7. The van der Waals surface area contributed by atoms with E-state index < -0.39 is 124 Å². The minimum absolute atomic E-state index is 0.246.